The molecule has 0 amide bonds. The zero-order chi connectivity index (χ0) is 29.0. The van der Waals surface area contributed by atoms with Crippen molar-refractivity contribution in [2.75, 3.05) is 0 Å². The molecule has 0 spiro atoms. The van der Waals surface area contributed by atoms with Crippen molar-refractivity contribution in [2.24, 2.45) is 0 Å². The molecule has 44 heavy (non-hydrogen) atoms. The molecule has 4 nitrogen and oxygen atoms in total. The van der Waals surface area contributed by atoms with E-state index in [9.17, 15) is 0 Å². The molecule has 0 bridgehead atoms. The van der Waals surface area contributed by atoms with E-state index in [1.54, 1.807) is 11.3 Å². The van der Waals surface area contributed by atoms with Crippen LogP contribution >= 0.6 is 11.3 Å². The summed E-state index contributed by atoms with van der Waals surface area (Å²) in [6, 6.07) is 48.0. The molecule has 0 saturated carbocycles. The van der Waals surface area contributed by atoms with Crippen molar-refractivity contribution in [1.29, 1.82) is 0 Å². The summed E-state index contributed by atoms with van der Waals surface area (Å²) in [6.07, 6.45) is 0. The maximum absolute atomic E-state index is 6.42. The SMILES string of the molecule is c1ccc(-c2ccc3c(c2)oc2cccc(-c4nc(-c5ccccc5)nc(-c5ccc6sc7ccccc7c6c5)n4)c23)cc1. The smallest absolute Gasteiger partial charge is 0.164 e. The van der Waals surface area contributed by atoms with Gasteiger partial charge in [0, 0.05) is 47.6 Å². The van der Waals surface area contributed by atoms with Gasteiger partial charge in [-0.05, 0) is 53.6 Å². The average Bonchev–Trinajstić information content (AvgIpc) is 3.66. The van der Waals surface area contributed by atoms with Gasteiger partial charge in [0.2, 0.25) is 0 Å². The van der Waals surface area contributed by atoms with Crippen molar-refractivity contribution in [1.82, 2.24) is 15.0 Å². The number of aromatic nitrogens is 3. The summed E-state index contributed by atoms with van der Waals surface area (Å²) >= 11 is 1.80. The van der Waals surface area contributed by atoms with E-state index < -0.39 is 0 Å². The number of hydrogen-bond donors (Lipinski definition) is 0. The van der Waals surface area contributed by atoms with E-state index >= 15 is 0 Å². The van der Waals surface area contributed by atoms with Gasteiger partial charge in [0.25, 0.3) is 0 Å². The maximum Gasteiger partial charge on any atom is 0.164 e. The molecule has 0 radical (unpaired) electrons. The molecule has 0 fully saturated rings. The second-order valence-corrected chi connectivity index (χ2v) is 11.9. The Kier molecular flexibility index (Phi) is 5.64. The van der Waals surface area contributed by atoms with Crippen LogP contribution in [0.15, 0.2) is 144 Å². The van der Waals surface area contributed by atoms with Crippen LogP contribution in [-0.2, 0) is 0 Å². The van der Waals surface area contributed by atoms with Crippen molar-refractivity contribution >= 4 is 53.4 Å². The van der Waals surface area contributed by atoms with Gasteiger partial charge < -0.3 is 4.42 Å². The van der Waals surface area contributed by atoms with E-state index in [2.05, 4.69) is 91.0 Å². The van der Waals surface area contributed by atoms with Crippen molar-refractivity contribution in [3.8, 4) is 45.3 Å². The van der Waals surface area contributed by atoms with Crippen molar-refractivity contribution < 1.29 is 4.42 Å². The molecule has 3 aromatic heterocycles. The second-order valence-electron chi connectivity index (χ2n) is 10.8. The summed E-state index contributed by atoms with van der Waals surface area (Å²) in [5.74, 6) is 1.89. The monoisotopic (exact) mass is 581 g/mol. The Morgan fingerprint density at radius 1 is 0.409 bits per heavy atom. The molecule has 0 atom stereocenters. The summed E-state index contributed by atoms with van der Waals surface area (Å²) in [5.41, 5.74) is 6.72. The first-order valence-electron chi connectivity index (χ1n) is 14.5. The molecule has 3 heterocycles. The van der Waals surface area contributed by atoms with Crippen LogP contribution in [-0.4, -0.2) is 15.0 Å². The third-order valence-electron chi connectivity index (χ3n) is 8.15. The highest BCUT2D eigenvalue weighted by atomic mass is 32.1. The Balaban J connectivity index is 1.26. The molecule has 0 unspecified atom stereocenters. The fourth-order valence-corrected chi connectivity index (χ4v) is 7.12. The molecule has 6 aromatic carbocycles. The summed E-state index contributed by atoms with van der Waals surface area (Å²) < 4.78 is 8.94. The molecule has 0 saturated heterocycles. The Morgan fingerprint density at radius 3 is 1.93 bits per heavy atom. The lowest BCUT2D eigenvalue weighted by molar-refractivity contribution is 0.669. The normalized spacial score (nSPS) is 11.6. The zero-order valence-electron chi connectivity index (χ0n) is 23.4. The molecule has 9 rings (SSSR count). The van der Waals surface area contributed by atoms with Crippen LogP contribution in [0.3, 0.4) is 0 Å². The number of thiophene rings is 1. The van der Waals surface area contributed by atoms with Crippen LogP contribution < -0.4 is 0 Å². The third kappa shape index (κ3) is 4.09. The predicted molar refractivity (Wildman–Crippen MR) is 182 cm³/mol. The van der Waals surface area contributed by atoms with Crippen LogP contribution in [0, 0.1) is 0 Å². The number of furan rings is 1. The first-order valence-corrected chi connectivity index (χ1v) is 15.3. The number of nitrogens with zero attached hydrogens (tertiary/aromatic N) is 3. The van der Waals surface area contributed by atoms with Gasteiger partial charge >= 0.3 is 0 Å². The van der Waals surface area contributed by atoms with Crippen LogP contribution in [0.25, 0.3) is 87.4 Å². The number of hydrogen-bond acceptors (Lipinski definition) is 5. The van der Waals surface area contributed by atoms with Gasteiger partial charge in [-0.15, -0.1) is 11.3 Å². The lowest BCUT2D eigenvalue weighted by atomic mass is 10.0. The van der Waals surface area contributed by atoms with Gasteiger partial charge in [-0.25, -0.2) is 15.0 Å². The summed E-state index contributed by atoms with van der Waals surface area (Å²) in [7, 11) is 0. The van der Waals surface area contributed by atoms with E-state index in [1.165, 1.54) is 20.2 Å². The second kappa shape index (κ2) is 9.97. The maximum atomic E-state index is 6.42. The lowest BCUT2D eigenvalue weighted by Crippen LogP contribution is -2.00. The standard InChI is InChI=1S/C39H23N3OS/c1-3-10-24(11-4-1)26-18-20-29-33(23-26)43-32-16-9-15-30(36(29)32)39-41-37(25-12-5-2-6-13-25)40-38(42-39)27-19-21-35-31(22-27)28-14-7-8-17-34(28)44-35/h1-23H. The average molecular weight is 582 g/mol. The van der Waals surface area contributed by atoms with Crippen LogP contribution in [0.2, 0.25) is 0 Å². The van der Waals surface area contributed by atoms with E-state index in [-0.39, 0.29) is 0 Å². The minimum absolute atomic E-state index is 0.615. The Hall–Kier alpha value is -5.65. The highest BCUT2D eigenvalue weighted by Crippen LogP contribution is 2.39. The quantitative estimate of drug-likeness (QED) is 0.207. The molecule has 0 aliphatic rings. The number of fused-ring (bicyclic) bond motifs is 6. The Bertz CT molecular complexity index is 2500. The van der Waals surface area contributed by atoms with Gasteiger partial charge in [-0.3, -0.25) is 0 Å². The highest BCUT2D eigenvalue weighted by molar-refractivity contribution is 7.25. The molecule has 0 aliphatic heterocycles. The fraction of sp³-hybridized carbons (Fsp3) is 0. The lowest BCUT2D eigenvalue weighted by Gasteiger charge is -2.09. The molecule has 5 heteroatoms. The molecule has 0 N–H and O–H groups in total. The summed E-state index contributed by atoms with van der Waals surface area (Å²) in [5, 5.41) is 4.49. The Morgan fingerprint density at radius 2 is 1.09 bits per heavy atom. The van der Waals surface area contributed by atoms with Crippen molar-refractivity contribution in [3.05, 3.63) is 140 Å². The van der Waals surface area contributed by atoms with Crippen LogP contribution in [0.1, 0.15) is 0 Å². The van der Waals surface area contributed by atoms with Crippen LogP contribution in [0.4, 0.5) is 0 Å². The van der Waals surface area contributed by atoms with E-state index in [4.69, 9.17) is 19.4 Å². The van der Waals surface area contributed by atoms with Crippen molar-refractivity contribution in [2.45, 2.75) is 0 Å². The minimum Gasteiger partial charge on any atom is -0.456 e. The van der Waals surface area contributed by atoms with Gasteiger partial charge in [-0.2, -0.15) is 0 Å². The molecular formula is C39H23N3OS. The third-order valence-corrected chi connectivity index (χ3v) is 9.30. The largest absolute Gasteiger partial charge is 0.456 e. The van der Waals surface area contributed by atoms with E-state index in [0.29, 0.717) is 17.5 Å². The van der Waals surface area contributed by atoms with Crippen LogP contribution in [0.5, 0.6) is 0 Å². The Labute approximate surface area is 256 Å². The minimum atomic E-state index is 0.615. The summed E-state index contributed by atoms with van der Waals surface area (Å²) in [6.45, 7) is 0. The number of rotatable bonds is 4. The van der Waals surface area contributed by atoms with E-state index in [1.807, 2.05) is 48.5 Å². The van der Waals surface area contributed by atoms with Gasteiger partial charge in [-0.1, -0.05) is 97.1 Å². The van der Waals surface area contributed by atoms with Gasteiger partial charge in [0.15, 0.2) is 17.5 Å². The topological polar surface area (TPSA) is 51.8 Å². The molecule has 9 aromatic rings. The highest BCUT2D eigenvalue weighted by Gasteiger charge is 2.18. The van der Waals surface area contributed by atoms with Gasteiger partial charge in [0.05, 0.1) is 0 Å². The first-order chi connectivity index (χ1) is 21.8. The predicted octanol–water partition coefficient (Wildman–Crippen LogP) is 10.8. The van der Waals surface area contributed by atoms with E-state index in [0.717, 1.165) is 49.8 Å². The first kappa shape index (κ1) is 24.9. The number of benzene rings is 6. The molecule has 206 valence electrons. The van der Waals surface area contributed by atoms with Crippen molar-refractivity contribution in [3.63, 3.8) is 0 Å². The summed E-state index contributed by atoms with van der Waals surface area (Å²) in [4.78, 5) is 15.2. The molecule has 0 aliphatic carbocycles. The fourth-order valence-electron chi connectivity index (χ4n) is 6.03. The zero-order valence-corrected chi connectivity index (χ0v) is 24.3. The van der Waals surface area contributed by atoms with Gasteiger partial charge in [0.1, 0.15) is 11.2 Å². The molecular weight excluding hydrogens is 559 g/mol.